The molecule has 0 spiro atoms. The number of aryl methyl sites for hydroxylation is 1. The first-order valence-electron chi connectivity index (χ1n) is 6.81. The van der Waals surface area contributed by atoms with E-state index in [9.17, 15) is 0 Å². The molecule has 3 heteroatoms. The van der Waals surface area contributed by atoms with Crippen LogP contribution in [0.25, 0.3) is 0 Å². The Morgan fingerprint density at radius 3 is 2.72 bits per heavy atom. The minimum atomic E-state index is 0.362. The molecule has 0 radical (unpaired) electrons. The van der Waals surface area contributed by atoms with Gasteiger partial charge in [-0.2, -0.15) is 0 Å². The van der Waals surface area contributed by atoms with Gasteiger partial charge in [0.2, 0.25) is 0 Å². The second-order valence-electron chi connectivity index (χ2n) is 5.28. The highest BCUT2D eigenvalue weighted by molar-refractivity contribution is 5.44. The van der Waals surface area contributed by atoms with E-state index in [0.29, 0.717) is 12.1 Å². The third kappa shape index (κ3) is 3.72. The molecule has 2 rings (SSSR count). The second kappa shape index (κ2) is 6.21. The van der Waals surface area contributed by atoms with Gasteiger partial charge in [-0.25, -0.2) is 0 Å². The molecule has 1 fully saturated rings. The fourth-order valence-electron chi connectivity index (χ4n) is 2.30. The van der Waals surface area contributed by atoms with Crippen molar-refractivity contribution in [3.05, 3.63) is 29.8 Å². The highest BCUT2D eigenvalue weighted by Gasteiger charge is 2.22. The minimum absolute atomic E-state index is 0.362. The molecule has 1 N–H and O–H groups in total. The molecule has 3 nitrogen and oxygen atoms in total. The predicted molar refractivity (Wildman–Crippen MR) is 76.1 cm³/mol. The smallest absolute Gasteiger partial charge is 0.0674 e. The first-order valence-corrected chi connectivity index (χ1v) is 6.81. The van der Waals surface area contributed by atoms with E-state index >= 15 is 0 Å². The van der Waals surface area contributed by atoms with E-state index in [4.69, 9.17) is 4.74 Å². The van der Waals surface area contributed by atoms with Gasteiger partial charge in [0.25, 0.3) is 0 Å². The summed E-state index contributed by atoms with van der Waals surface area (Å²) in [5.41, 5.74) is 2.51. The molecule has 2 unspecified atom stereocenters. The summed E-state index contributed by atoms with van der Waals surface area (Å²) in [6.07, 6.45) is 0.362. The van der Waals surface area contributed by atoms with Crippen LogP contribution in [-0.4, -0.2) is 43.3 Å². The fourth-order valence-corrected chi connectivity index (χ4v) is 2.30. The monoisotopic (exact) mass is 248 g/mol. The van der Waals surface area contributed by atoms with E-state index in [0.717, 1.165) is 26.2 Å². The number of nitrogens with zero attached hydrogens (tertiary/aromatic N) is 1. The van der Waals surface area contributed by atoms with E-state index in [2.05, 4.69) is 55.3 Å². The zero-order chi connectivity index (χ0) is 13.0. The number of nitrogens with one attached hydrogen (secondary N) is 1. The maximum absolute atomic E-state index is 5.64. The zero-order valence-electron chi connectivity index (χ0n) is 11.6. The number of benzene rings is 1. The van der Waals surface area contributed by atoms with E-state index in [1.54, 1.807) is 0 Å². The van der Waals surface area contributed by atoms with Gasteiger partial charge >= 0.3 is 0 Å². The molecule has 1 heterocycles. The summed E-state index contributed by atoms with van der Waals surface area (Å²) in [7, 11) is 0. The Morgan fingerprint density at radius 2 is 2.00 bits per heavy atom. The average molecular weight is 248 g/mol. The van der Waals surface area contributed by atoms with Crippen molar-refractivity contribution >= 4 is 5.69 Å². The SMILES string of the molecule is Cc1ccc(NCCN2CC(C)OCC2C)cc1. The fraction of sp³-hybridized carbons (Fsp3) is 0.600. The van der Waals surface area contributed by atoms with Crippen molar-refractivity contribution in [2.24, 2.45) is 0 Å². The summed E-state index contributed by atoms with van der Waals surface area (Å²) in [6, 6.07) is 9.09. The van der Waals surface area contributed by atoms with Crippen LogP contribution < -0.4 is 5.32 Å². The lowest BCUT2D eigenvalue weighted by Gasteiger charge is -2.36. The molecular weight excluding hydrogens is 224 g/mol. The minimum Gasteiger partial charge on any atom is -0.384 e. The number of morpholine rings is 1. The number of rotatable bonds is 4. The molecule has 0 bridgehead atoms. The molecule has 0 aromatic heterocycles. The highest BCUT2D eigenvalue weighted by atomic mass is 16.5. The van der Waals surface area contributed by atoms with Crippen LogP contribution in [0.3, 0.4) is 0 Å². The lowest BCUT2D eigenvalue weighted by molar-refractivity contribution is -0.0476. The van der Waals surface area contributed by atoms with Crippen molar-refractivity contribution in [3.63, 3.8) is 0 Å². The Hall–Kier alpha value is -1.06. The Bertz CT molecular complexity index is 363. The van der Waals surface area contributed by atoms with Gasteiger partial charge < -0.3 is 10.1 Å². The van der Waals surface area contributed by atoms with Crippen LogP contribution in [0.15, 0.2) is 24.3 Å². The van der Waals surface area contributed by atoms with E-state index < -0.39 is 0 Å². The van der Waals surface area contributed by atoms with Crippen molar-refractivity contribution in [1.82, 2.24) is 4.90 Å². The molecule has 0 aliphatic carbocycles. The van der Waals surface area contributed by atoms with Crippen LogP contribution >= 0.6 is 0 Å². The average Bonchev–Trinajstić information content (AvgIpc) is 2.36. The van der Waals surface area contributed by atoms with Gasteiger partial charge in [-0.15, -0.1) is 0 Å². The largest absolute Gasteiger partial charge is 0.384 e. The van der Waals surface area contributed by atoms with Gasteiger partial charge in [0.1, 0.15) is 0 Å². The van der Waals surface area contributed by atoms with Crippen LogP contribution in [0, 0.1) is 6.92 Å². The molecule has 1 aromatic rings. The van der Waals surface area contributed by atoms with E-state index in [1.807, 2.05) is 0 Å². The lowest BCUT2D eigenvalue weighted by atomic mass is 10.2. The van der Waals surface area contributed by atoms with E-state index in [1.165, 1.54) is 11.3 Å². The van der Waals surface area contributed by atoms with Gasteiger partial charge in [-0.05, 0) is 32.9 Å². The molecule has 1 saturated heterocycles. The van der Waals surface area contributed by atoms with Crippen molar-refractivity contribution in [2.75, 3.05) is 31.6 Å². The van der Waals surface area contributed by atoms with Gasteiger partial charge in [-0.1, -0.05) is 17.7 Å². The first kappa shape index (κ1) is 13.4. The highest BCUT2D eigenvalue weighted by Crippen LogP contribution is 2.12. The number of anilines is 1. The molecular formula is C15H24N2O. The Morgan fingerprint density at radius 1 is 1.28 bits per heavy atom. The lowest BCUT2D eigenvalue weighted by Crippen LogP contribution is -2.48. The predicted octanol–water partition coefficient (Wildman–Crippen LogP) is 2.52. The van der Waals surface area contributed by atoms with Crippen LogP contribution in [0.1, 0.15) is 19.4 Å². The summed E-state index contributed by atoms with van der Waals surface area (Å²) in [6.45, 7) is 10.4. The Labute approximate surface area is 110 Å². The molecule has 18 heavy (non-hydrogen) atoms. The molecule has 1 aromatic carbocycles. The van der Waals surface area contributed by atoms with Gasteiger partial charge in [0, 0.05) is 31.4 Å². The topological polar surface area (TPSA) is 24.5 Å². The van der Waals surface area contributed by atoms with E-state index in [-0.39, 0.29) is 0 Å². The summed E-state index contributed by atoms with van der Waals surface area (Å²) >= 11 is 0. The molecule has 2 atom stereocenters. The molecule has 100 valence electrons. The maximum atomic E-state index is 5.64. The van der Waals surface area contributed by atoms with Gasteiger partial charge in [0.15, 0.2) is 0 Å². The van der Waals surface area contributed by atoms with Crippen molar-refractivity contribution in [2.45, 2.75) is 32.9 Å². The standard InChI is InChI=1S/C15H24N2O/c1-12-4-6-15(7-5-12)16-8-9-17-10-14(3)18-11-13(17)2/h4-7,13-14,16H,8-11H2,1-3H3. The number of ether oxygens (including phenoxy) is 1. The Kier molecular flexibility index (Phi) is 4.61. The number of hydrogen-bond donors (Lipinski definition) is 1. The third-order valence-electron chi connectivity index (χ3n) is 3.52. The van der Waals surface area contributed by atoms with Gasteiger partial charge in [-0.3, -0.25) is 4.90 Å². The summed E-state index contributed by atoms with van der Waals surface area (Å²) in [5, 5.41) is 3.47. The van der Waals surface area contributed by atoms with Crippen LogP contribution in [0.4, 0.5) is 5.69 Å². The van der Waals surface area contributed by atoms with Gasteiger partial charge in [0.05, 0.1) is 12.7 Å². The first-order chi connectivity index (χ1) is 8.65. The summed E-state index contributed by atoms with van der Waals surface area (Å²) in [5.74, 6) is 0. The normalized spacial score (nSPS) is 25.1. The molecule has 1 aliphatic heterocycles. The number of hydrogen-bond acceptors (Lipinski definition) is 3. The Balaban J connectivity index is 1.76. The van der Waals surface area contributed by atoms with Crippen LogP contribution in [-0.2, 0) is 4.74 Å². The quantitative estimate of drug-likeness (QED) is 0.886. The second-order valence-corrected chi connectivity index (χ2v) is 5.28. The molecule has 1 aliphatic rings. The van der Waals surface area contributed by atoms with Crippen LogP contribution in [0.5, 0.6) is 0 Å². The van der Waals surface area contributed by atoms with Crippen LogP contribution in [0.2, 0.25) is 0 Å². The van der Waals surface area contributed by atoms with Crippen molar-refractivity contribution in [3.8, 4) is 0 Å². The van der Waals surface area contributed by atoms with Crippen molar-refractivity contribution in [1.29, 1.82) is 0 Å². The van der Waals surface area contributed by atoms with Crippen molar-refractivity contribution < 1.29 is 4.74 Å². The molecule has 0 saturated carbocycles. The maximum Gasteiger partial charge on any atom is 0.0674 e. The summed E-state index contributed by atoms with van der Waals surface area (Å²) in [4.78, 5) is 2.50. The third-order valence-corrected chi connectivity index (χ3v) is 3.52. The zero-order valence-corrected chi connectivity index (χ0v) is 11.6. The molecule has 0 amide bonds. The summed E-state index contributed by atoms with van der Waals surface area (Å²) < 4.78 is 5.64.